The lowest BCUT2D eigenvalue weighted by Gasteiger charge is -2.06. The van der Waals surface area contributed by atoms with Crippen molar-refractivity contribution in [3.63, 3.8) is 0 Å². The highest BCUT2D eigenvalue weighted by Gasteiger charge is 2.15. The van der Waals surface area contributed by atoms with Gasteiger partial charge < -0.3 is 25.1 Å². The number of anilines is 1. The summed E-state index contributed by atoms with van der Waals surface area (Å²) in [5.41, 5.74) is 0.162. The van der Waals surface area contributed by atoms with Crippen LogP contribution in [0.25, 0.3) is 6.08 Å². The first-order valence-electron chi connectivity index (χ1n) is 8.86. The van der Waals surface area contributed by atoms with Crippen LogP contribution >= 0.6 is 23.2 Å². The van der Waals surface area contributed by atoms with Crippen LogP contribution in [0, 0.1) is 11.3 Å². The first kappa shape index (κ1) is 24.0. The lowest BCUT2D eigenvalue weighted by Crippen LogP contribution is -2.34. The molecule has 3 N–H and O–H groups in total. The number of methoxy groups -OCH3 is 1. The fraction of sp³-hybridized carbons (Fsp3) is 0.200. The molecule has 1 heterocycles. The number of nitrogens with one attached hydrogen (secondary N) is 3. The van der Waals surface area contributed by atoms with Crippen molar-refractivity contribution >= 4 is 52.7 Å². The van der Waals surface area contributed by atoms with Crippen LogP contribution in [0.15, 0.2) is 40.3 Å². The van der Waals surface area contributed by atoms with Crippen LogP contribution in [0.5, 0.6) is 0 Å². The number of hydrogen-bond acceptors (Lipinski definition) is 6. The molecule has 162 valence electrons. The summed E-state index contributed by atoms with van der Waals surface area (Å²) in [4.78, 5) is 35.9. The van der Waals surface area contributed by atoms with Gasteiger partial charge in [0.25, 0.3) is 5.91 Å². The van der Waals surface area contributed by atoms with Gasteiger partial charge in [0.15, 0.2) is 0 Å². The summed E-state index contributed by atoms with van der Waals surface area (Å²) in [6.45, 7) is 0.491. The van der Waals surface area contributed by atoms with Gasteiger partial charge in [0.1, 0.15) is 23.2 Å². The molecule has 0 saturated carbocycles. The molecule has 1 aromatic heterocycles. The Morgan fingerprint density at radius 3 is 2.55 bits per heavy atom. The molecule has 11 heteroatoms. The smallest absolute Gasteiger partial charge is 0.313 e. The zero-order valence-corrected chi connectivity index (χ0v) is 17.8. The van der Waals surface area contributed by atoms with E-state index in [9.17, 15) is 14.4 Å². The SMILES string of the molecule is COCCNC(=O)/C(C#N)=C\c1ccc(CNC(=O)C(=O)Nc2ccc(Cl)c(Cl)c2)o1. The monoisotopic (exact) mass is 464 g/mol. The maximum atomic E-state index is 12.0. The maximum Gasteiger partial charge on any atom is 0.313 e. The summed E-state index contributed by atoms with van der Waals surface area (Å²) in [6, 6.07) is 9.26. The van der Waals surface area contributed by atoms with Gasteiger partial charge in [-0.05, 0) is 30.3 Å². The molecule has 2 rings (SSSR count). The normalized spacial score (nSPS) is 10.8. The van der Waals surface area contributed by atoms with Gasteiger partial charge in [-0.3, -0.25) is 14.4 Å². The van der Waals surface area contributed by atoms with E-state index in [0.29, 0.717) is 23.1 Å². The van der Waals surface area contributed by atoms with Crippen molar-refractivity contribution in [2.24, 2.45) is 0 Å². The number of benzene rings is 1. The van der Waals surface area contributed by atoms with E-state index in [1.807, 2.05) is 0 Å². The highest BCUT2D eigenvalue weighted by molar-refractivity contribution is 6.42. The number of carbonyl (C=O) groups excluding carboxylic acids is 3. The van der Waals surface area contributed by atoms with Crippen molar-refractivity contribution in [2.45, 2.75) is 6.54 Å². The Morgan fingerprint density at radius 2 is 1.87 bits per heavy atom. The van der Waals surface area contributed by atoms with Crippen molar-refractivity contribution in [1.29, 1.82) is 5.26 Å². The molecule has 2 aromatic rings. The summed E-state index contributed by atoms with van der Waals surface area (Å²) in [7, 11) is 1.49. The van der Waals surface area contributed by atoms with Crippen LogP contribution < -0.4 is 16.0 Å². The molecule has 0 spiro atoms. The third-order valence-electron chi connectivity index (χ3n) is 3.73. The number of hydrogen-bond donors (Lipinski definition) is 3. The van der Waals surface area contributed by atoms with Gasteiger partial charge in [0.2, 0.25) is 0 Å². The van der Waals surface area contributed by atoms with E-state index in [1.165, 1.54) is 37.5 Å². The Labute approximate surface area is 187 Å². The third-order valence-corrected chi connectivity index (χ3v) is 4.47. The van der Waals surface area contributed by atoms with E-state index < -0.39 is 17.7 Å². The largest absolute Gasteiger partial charge is 0.460 e. The molecule has 0 aliphatic heterocycles. The molecule has 1 aromatic carbocycles. The van der Waals surface area contributed by atoms with E-state index in [4.69, 9.17) is 37.6 Å². The molecule has 0 saturated heterocycles. The Morgan fingerprint density at radius 1 is 1.10 bits per heavy atom. The Hall–Kier alpha value is -3.32. The minimum Gasteiger partial charge on any atom is -0.460 e. The van der Waals surface area contributed by atoms with Gasteiger partial charge in [-0.25, -0.2) is 0 Å². The minimum absolute atomic E-state index is 0.0800. The lowest BCUT2D eigenvalue weighted by molar-refractivity contribution is -0.136. The number of amides is 3. The molecule has 0 aliphatic carbocycles. The number of nitrogens with zero attached hydrogens (tertiary/aromatic N) is 1. The molecule has 9 nitrogen and oxygen atoms in total. The van der Waals surface area contributed by atoms with Crippen LogP contribution in [0.2, 0.25) is 10.0 Å². The second kappa shape index (κ2) is 11.8. The van der Waals surface area contributed by atoms with Crippen molar-refractivity contribution in [3.05, 3.63) is 57.5 Å². The molecule has 0 unspecified atom stereocenters. The summed E-state index contributed by atoms with van der Waals surface area (Å²) >= 11 is 11.7. The van der Waals surface area contributed by atoms with Gasteiger partial charge in [0.05, 0.1) is 23.2 Å². The number of furan rings is 1. The Balaban J connectivity index is 1.91. The Kier molecular flexibility index (Phi) is 9.09. The predicted octanol–water partition coefficient (Wildman–Crippen LogP) is 2.51. The number of nitriles is 1. The number of ether oxygens (including phenoxy) is 1. The molecule has 0 atom stereocenters. The van der Waals surface area contributed by atoms with Crippen LogP contribution in [0.4, 0.5) is 5.69 Å². The lowest BCUT2D eigenvalue weighted by atomic mass is 10.2. The second-order valence-corrected chi connectivity index (χ2v) is 6.80. The number of halogens is 2. The first-order chi connectivity index (χ1) is 14.8. The van der Waals surface area contributed by atoms with E-state index in [-0.39, 0.29) is 29.4 Å². The molecule has 0 aliphatic rings. The van der Waals surface area contributed by atoms with Gasteiger partial charge in [-0.1, -0.05) is 23.2 Å². The van der Waals surface area contributed by atoms with Crippen molar-refractivity contribution in [3.8, 4) is 6.07 Å². The van der Waals surface area contributed by atoms with Gasteiger partial charge in [-0.15, -0.1) is 0 Å². The van der Waals surface area contributed by atoms with Crippen LogP contribution in [-0.2, 0) is 25.7 Å². The molecule has 3 amide bonds. The fourth-order valence-electron chi connectivity index (χ4n) is 2.23. The molecule has 0 radical (unpaired) electrons. The summed E-state index contributed by atoms with van der Waals surface area (Å²) < 4.78 is 10.3. The number of rotatable bonds is 8. The summed E-state index contributed by atoms with van der Waals surface area (Å²) in [5.74, 6) is -1.80. The van der Waals surface area contributed by atoms with Crippen molar-refractivity contribution < 1.29 is 23.5 Å². The standard InChI is InChI=1S/C20H18Cl2N4O5/c1-30-7-6-24-18(27)12(10-23)8-14-3-4-15(31-14)11-25-19(28)20(29)26-13-2-5-16(21)17(22)9-13/h2-5,8-9H,6-7,11H2,1H3,(H,24,27)(H,25,28)(H,26,29)/b12-8-. The summed E-state index contributed by atoms with van der Waals surface area (Å²) in [6.07, 6.45) is 1.27. The van der Waals surface area contributed by atoms with E-state index >= 15 is 0 Å². The molecule has 0 bridgehead atoms. The van der Waals surface area contributed by atoms with Crippen LogP contribution in [-0.4, -0.2) is 38.0 Å². The maximum absolute atomic E-state index is 12.0. The highest BCUT2D eigenvalue weighted by atomic mass is 35.5. The Bertz CT molecular complexity index is 1040. The van der Waals surface area contributed by atoms with Gasteiger partial charge in [0, 0.05) is 25.4 Å². The molecule has 31 heavy (non-hydrogen) atoms. The average Bonchev–Trinajstić information content (AvgIpc) is 3.20. The quantitative estimate of drug-likeness (QED) is 0.238. The van der Waals surface area contributed by atoms with Crippen LogP contribution in [0.1, 0.15) is 11.5 Å². The minimum atomic E-state index is -0.899. The first-order valence-corrected chi connectivity index (χ1v) is 9.61. The molecular formula is C20H18Cl2N4O5. The van der Waals surface area contributed by atoms with Gasteiger partial charge in [-0.2, -0.15) is 5.26 Å². The van der Waals surface area contributed by atoms with E-state index in [0.717, 1.165) is 0 Å². The number of carbonyl (C=O) groups is 3. The van der Waals surface area contributed by atoms with Gasteiger partial charge >= 0.3 is 11.8 Å². The van der Waals surface area contributed by atoms with E-state index in [1.54, 1.807) is 12.1 Å². The predicted molar refractivity (Wildman–Crippen MR) is 114 cm³/mol. The zero-order chi connectivity index (χ0) is 22.8. The third kappa shape index (κ3) is 7.46. The van der Waals surface area contributed by atoms with Crippen molar-refractivity contribution in [2.75, 3.05) is 25.6 Å². The average molecular weight is 465 g/mol. The van der Waals surface area contributed by atoms with E-state index in [2.05, 4.69) is 16.0 Å². The van der Waals surface area contributed by atoms with Crippen LogP contribution in [0.3, 0.4) is 0 Å². The zero-order valence-electron chi connectivity index (χ0n) is 16.3. The molecule has 0 fully saturated rings. The summed E-state index contributed by atoms with van der Waals surface area (Å²) in [5, 5.41) is 17.0. The molecular weight excluding hydrogens is 447 g/mol. The fourth-order valence-corrected chi connectivity index (χ4v) is 2.53. The topological polar surface area (TPSA) is 133 Å². The van der Waals surface area contributed by atoms with Crippen molar-refractivity contribution in [1.82, 2.24) is 10.6 Å². The second-order valence-electron chi connectivity index (χ2n) is 5.99. The highest BCUT2D eigenvalue weighted by Crippen LogP contribution is 2.24.